The highest BCUT2D eigenvalue weighted by atomic mass is 19.4. The molecule has 0 aliphatic carbocycles. The van der Waals surface area contributed by atoms with Crippen molar-refractivity contribution in [3.05, 3.63) is 60.2 Å². The van der Waals surface area contributed by atoms with Gasteiger partial charge in [-0.15, -0.1) is 0 Å². The predicted octanol–water partition coefficient (Wildman–Crippen LogP) is 3.96. The second kappa shape index (κ2) is 9.77. The molecule has 2 amide bonds. The van der Waals surface area contributed by atoms with E-state index < -0.39 is 17.6 Å². The molecule has 0 bridgehead atoms. The molecule has 0 spiro atoms. The number of likely N-dealkylation sites (N-methyl/N-ethyl adjacent to an activating group) is 1. The van der Waals surface area contributed by atoms with Crippen molar-refractivity contribution in [1.82, 2.24) is 4.90 Å². The number of rotatable bonds is 8. The van der Waals surface area contributed by atoms with E-state index in [4.69, 9.17) is 4.74 Å². The van der Waals surface area contributed by atoms with Crippen molar-refractivity contribution in [1.29, 1.82) is 0 Å². The minimum Gasteiger partial charge on any atom is -0.493 e. The summed E-state index contributed by atoms with van der Waals surface area (Å²) in [6.45, 7) is 1.73. The molecule has 0 saturated carbocycles. The van der Waals surface area contributed by atoms with E-state index in [9.17, 15) is 22.8 Å². The fraction of sp³-hybridized carbons (Fsp3) is 0.300. The first-order valence-corrected chi connectivity index (χ1v) is 8.73. The topological polar surface area (TPSA) is 58.6 Å². The number of benzene rings is 2. The maximum atomic E-state index is 13.0. The number of nitrogens with zero attached hydrogens (tertiary/aromatic N) is 1. The van der Waals surface area contributed by atoms with E-state index in [1.54, 1.807) is 31.2 Å². The van der Waals surface area contributed by atoms with Gasteiger partial charge < -0.3 is 15.0 Å². The molecular formula is C20H21F3N2O3. The zero-order valence-corrected chi connectivity index (χ0v) is 15.3. The number of para-hydroxylation sites is 2. The molecule has 0 atom stereocenters. The molecule has 5 nitrogen and oxygen atoms in total. The van der Waals surface area contributed by atoms with Crippen LogP contribution in [0.3, 0.4) is 0 Å². The molecule has 0 heterocycles. The summed E-state index contributed by atoms with van der Waals surface area (Å²) in [5, 5.41) is 2.23. The summed E-state index contributed by atoms with van der Waals surface area (Å²) in [5.41, 5.74) is -1.27. The van der Waals surface area contributed by atoms with Crippen LogP contribution in [0, 0.1) is 0 Å². The Morgan fingerprint density at radius 2 is 1.68 bits per heavy atom. The van der Waals surface area contributed by atoms with Gasteiger partial charge in [-0.3, -0.25) is 9.59 Å². The number of ether oxygens (including phenoxy) is 1. The molecule has 1 N–H and O–H groups in total. The van der Waals surface area contributed by atoms with E-state index in [-0.39, 0.29) is 37.7 Å². The number of amides is 2. The quantitative estimate of drug-likeness (QED) is 0.737. The molecule has 2 aromatic rings. The summed E-state index contributed by atoms with van der Waals surface area (Å²) in [4.78, 5) is 25.7. The normalized spacial score (nSPS) is 11.0. The van der Waals surface area contributed by atoms with Crippen LogP contribution in [-0.2, 0) is 15.8 Å². The van der Waals surface area contributed by atoms with E-state index in [1.807, 2.05) is 6.07 Å². The molecule has 2 aromatic carbocycles. The molecule has 8 heteroatoms. The summed E-state index contributed by atoms with van der Waals surface area (Å²) in [5.74, 6) is -0.395. The average molecular weight is 394 g/mol. The molecule has 0 aliphatic rings. The van der Waals surface area contributed by atoms with Gasteiger partial charge in [0.1, 0.15) is 5.75 Å². The molecule has 0 radical (unpaired) electrons. The van der Waals surface area contributed by atoms with Crippen molar-refractivity contribution in [2.75, 3.05) is 25.0 Å². The van der Waals surface area contributed by atoms with Crippen LogP contribution in [0.25, 0.3) is 0 Å². The van der Waals surface area contributed by atoms with E-state index in [1.165, 1.54) is 23.1 Å². The molecule has 0 unspecified atom stereocenters. The van der Waals surface area contributed by atoms with Crippen LogP contribution < -0.4 is 10.1 Å². The first kappa shape index (κ1) is 21.3. The van der Waals surface area contributed by atoms with Gasteiger partial charge in [-0.2, -0.15) is 13.2 Å². The van der Waals surface area contributed by atoms with Crippen LogP contribution in [-0.4, -0.2) is 36.4 Å². The maximum absolute atomic E-state index is 13.0. The SMILES string of the molecule is CCN(CC(=O)Nc1ccccc1C(F)(F)F)C(=O)CCOc1ccccc1. The van der Waals surface area contributed by atoms with Gasteiger partial charge in [-0.05, 0) is 31.2 Å². The van der Waals surface area contributed by atoms with Gasteiger partial charge in [0.2, 0.25) is 11.8 Å². The summed E-state index contributed by atoms with van der Waals surface area (Å²) >= 11 is 0. The van der Waals surface area contributed by atoms with Gasteiger partial charge in [0.25, 0.3) is 0 Å². The highest BCUT2D eigenvalue weighted by Gasteiger charge is 2.33. The Morgan fingerprint density at radius 3 is 2.32 bits per heavy atom. The van der Waals surface area contributed by atoms with Crippen LogP contribution in [0.2, 0.25) is 0 Å². The molecule has 0 saturated heterocycles. The number of hydrogen-bond acceptors (Lipinski definition) is 3. The van der Waals surface area contributed by atoms with Crippen molar-refractivity contribution in [2.24, 2.45) is 0 Å². The molecule has 0 aliphatic heterocycles. The summed E-state index contributed by atoms with van der Waals surface area (Å²) in [7, 11) is 0. The predicted molar refractivity (Wildman–Crippen MR) is 98.9 cm³/mol. The van der Waals surface area contributed by atoms with E-state index in [0.717, 1.165) is 6.07 Å². The lowest BCUT2D eigenvalue weighted by atomic mass is 10.1. The first-order valence-electron chi connectivity index (χ1n) is 8.73. The second-order valence-corrected chi connectivity index (χ2v) is 5.91. The summed E-state index contributed by atoms with van der Waals surface area (Å²) in [6.07, 6.45) is -4.53. The molecule has 150 valence electrons. The van der Waals surface area contributed by atoms with Crippen molar-refractivity contribution in [3.8, 4) is 5.75 Å². The third kappa shape index (κ3) is 6.29. The highest BCUT2D eigenvalue weighted by molar-refractivity contribution is 5.95. The third-order valence-electron chi connectivity index (χ3n) is 3.90. The molecule has 0 aromatic heterocycles. The Balaban J connectivity index is 1.89. The van der Waals surface area contributed by atoms with Gasteiger partial charge in [0.15, 0.2) is 0 Å². The van der Waals surface area contributed by atoms with Gasteiger partial charge in [-0.1, -0.05) is 30.3 Å². The standard InChI is InChI=1S/C20H21F3N2O3/c1-2-25(19(27)12-13-28-15-8-4-3-5-9-15)14-18(26)24-17-11-7-6-10-16(17)20(21,22)23/h3-11H,2,12-14H2,1H3,(H,24,26). The number of carbonyl (C=O) groups is 2. The van der Waals surface area contributed by atoms with Gasteiger partial charge in [-0.25, -0.2) is 0 Å². The van der Waals surface area contributed by atoms with Crippen molar-refractivity contribution < 1.29 is 27.5 Å². The van der Waals surface area contributed by atoms with Crippen molar-refractivity contribution in [3.63, 3.8) is 0 Å². The van der Waals surface area contributed by atoms with Crippen molar-refractivity contribution >= 4 is 17.5 Å². The highest BCUT2D eigenvalue weighted by Crippen LogP contribution is 2.34. The monoisotopic (exact) mass is 394 g/mol. The summed E-state index contributed by atoms with van der Waals surface area (Å²) < 4.78 is 44.5. The summed E-state index contributed by atoms with van der Waals surface area (Å²) in [6, 6.07) is 13.7. The lowest BCUT2D eigenvalue weighted by molar-refractivity contribution is -0.137. The lowest BCUT2D eigenvalue weighted by Gasteiger charge is -2.21. The second-order valence-electron chi connectivity index (χ2n) is 5.91. The van der Waals surface area contributed by atoms with Crippen LogP contribution in [0.15, 0.2) is 54.6 Å². The number of nitrogens with one attached hydrogen (secondary N) is 1. The molecule has 0 fully saturated rings. The Bertz CT molecular complexity index is 795. The zero-order chi connectivity index (χ0) is 20.6. The smallest absolute Gasteiger partial charge is 0.418 e. The van der Waals surface area contributed by atoms with Crippen LogP contribution in [0.1, 0.15) is 18.9 Å². The Morgan fingerprint density at radius 1 is 1.04 bits per heavy atom. The largest absolute Gasteiger partial charge is 0.493 e. The first-order chi connectivity index (χ1) is 13.3. The Labute approximate surface area is 161 Å². The number of halogens is 3. The molecule has 2 rings (SSSR count). The average Bonchev–Trinajstić information content (AvgIpc) is 2.66. The molecular weight excluding hydrogens is 373 g/mol. The Kier molecular flexibility index (Phi) is 7.43. The van der Waals surface area contributed by atoms with Crippen LogP contribution >= 0.6 is 0 Å². The number of hydrogen-bond donors (Lipinski definition) is 1. The zero-order valence-electron chi connectivity index (χ0n) is 15.3. The van der Waals surface area contributed by atoms with Crippen LogP contribution in [0.5, 0.6) is 5.75 Å². The number of carbonyl (C=O) groups excluding carboxylic acids is 2. The fourth-order valence-corrected chi connectivity index (χ4v) is 2.51. The Hall–Kier alpha value is -3.03. The third-order valence-corrected chi connectivity index (χ3v) is 3.90. The van der Waals surface area contributed by atoms with Crippen molar-refractivity contribution in [2.45, 2.75) is 19.5 Å². The van der Waals surface area contributed by atoms with E-state index in [0.29, 0.717) is 5.75 Å². The fourth-order valence-electron chi connectivity index (χ4n) is 2.51. The van der Waals surface area contributed by atoms with E-state index >= 15 is 0 Å². The number of alkyl halides is 3. The van der Waals surface area contributed by atoms with Gasteiger partial charge >= 0.3 is 6.18 Å². The van der Waals surface area contributed by atoms with E-state index in [2.05, 4.69) is 5.32 Å². The lowest BCUT2D eigenvalue weighted by Crippen LogP contribution is -2.38. The van der Waals surface area contributed by atoms with Gasteiger partial charge in [0, 0.05) is 6.54 Å². The number of anilines is 1. The molecule has 28 heavy (non-hydrogen) atoms. The van der Waals surface area contributed by atoms with Gasteiger partial charge in [0.05, 0.1) is 30.8 Å². The maximum Gasteiger partial charge on any atom is 0.418 e. The minimum atomic E-state index is -4.58. The van der Waals surface area contributed by atoms with Crippen LogP contribution in [0.4, 0.5) is 18.9 Å². The minimum absolute atomic E-state index is 0.0507.